The van der Waals surface area contributed by atoms with Crippen LogP contribution in [0, 0.1) is 52.0 Å². The fourth-order valence-corrected chi connectivity index (χ4v) is 2.81. The zero-order valence-electron chi connectivity index (χ0n) is 21.8. The van der Waals surface area contributed by atoms with Gasteiger partial charge in [-0.25, -0.2) is 48.5 Å². The molecule has 0 radical (unpaired) electrons. The van der Waals surface area contributed by atoms with Gasteiger partial charge in [-0.3, -0.25) is 0 Å². The van der Waals surface area contributed by atoms with Crippen molar-refractivity contribution >= 4 is 0 Å². The molecule has 188 valence electrons. The van der Waals surface area contributed by atoms with Crippen molar-refractivity contribution in [2.75, 3.05) is 0 Å². The number of aromatic amines is 4. The number of nitrogens with one attached hydrogen (secondary N) is 4. The summed E-state index contributed by atoms with van der Waals surface area (Å²) in [6.45, 7) is 16.6. The third-order valence-corrected chi connectivity index (χ3v) is 4.71. The Balaban J connectivity index is 0. The molecule has 34 heavy (non-hydrogen) atoms. The van der Waals surface area contributed by atoms with Gasteiger partial charge in [0.25, 0.3) is 0 Å². The van der Waals surface area contributed by atoms with Crippen molar-refractivity contribution in [1.29, 1.82) is 0 Å². The normalized spacial score (nSPS) is 9.18. The molecule has 0 saturated heterocycles. The summed E-state index contributed by atoms with van der Waals surface area (Å²) in [4.78, 5) is 12.7. The van der Waals surface area contributed by atoms with E-state index in [0.717, 1.165) is 37.1 Å². The zero-order valence-corrected chi connectivity index (χ0v) is 25.3. The van der Waals surface area contributed by atoms with Crippen molar-refractivity contribution in [3.63, 3.8) is 0 Å². The van der Waals surface area contributed by atoms with E-state index in [2.05, 4.69) is 71.9 Å². The van der Waals surface area contributed by atoms with Crippen LogP contribution in [-0.4, -0.2) is 19.9 Å². The maximum absolute atomic E-state index is 3.26. The van der Waals surface area contributed by atoms with Crippen LogP contribution in [0.1, 0.15) is 73.2 Å². The third-order valence-electron chi connectivity index (χ3n) is 4.71. The summed E-state index contributed by atoms with van der Waals surface area (Å²) >= 11 is 0. The Morgan fingerprint density at radius 3 is 0.971 bits per heavy atom. The molecule has 0 aliphatic rings. The van der Waals surface area contributed by atoms with Gasteiger partial charge in [-0.15, -0.1) is 22.8 Å². The van der Waals surface area contributed by atoms with E-state index < -0.39 is 0 Å². The maximum Gasteiger partial charge on any atom is 2.00 e. The Hall–Kier alpha value is -1.63. The first-order chi connectivity index (χ1) is 15.3. The van der Waals surface area contributed by atoms with Gasteiger partial charge in [-0.1, -0.05) is 77.2 Å². The van der Waals surface area contributed by atoms with E-state index in [0.29, 0.717) is 0 Å². The van der Waals surface area contributed by atoms with E-state index in [1.165, 1.54) is 34.2 Å². The van der Waals surface area contributed by atoms with Crippen molar-refractivity contribution in [3.05, 3.63) is 94.1 Å². The van der Waals surface area contributed by atoms with E-state index in [9.17, 15) is 0 Å². The summed E-state index contributed by atoms with van der Waals surface area (Å²) in [5.74, 6) is 0. The molecule has 4 aromatic rings. The zero-order chi connectivity index (χ0) is 23.9. The molecule has 4 N–H and O–H groups in total. The Bertz CT molecular complexity index is 841. The summed E-state index contributed by atoms with van der Waals surface area (Å²) in [5, 5.41) is 0. The van der Waals surface area contributed by atoms with Crippen LogP contribution in [0.4, 0.5) is 0 Å². The number of aryl methyl sites for hydroxylation is 8. The smallest absolute Gasteiger partial charge is 0.456 e. The van der Waals surface area contributed by atoms with E-state index in [-0.39, 0.29) is 39.0 Å². The van der Waals surface area contributed by atoms with Crippen LogP contribution in [0.2, 0.25) is 0 Å². The van der Waals surface area contributed by atoms with Gasteiger partial charge in [-0.05, 0) is 26.7 Å². The molecule has 4 rings (SSSR count). The van der Waals surface area contributed by atoms with Crippen molar-refractivity contribution in [2.24, 2.45) is 0 Å². The van der Waals surface area contributed by atoms with Crippen LogP contribution in [-0.2, 0) is 64.6 Å². The van der Waals surface area contributed by atoms with Gasteiger partial charge < -0.3 is 19.9 Å². The topological polar surface area (TPSA) is 63.2 Å². The second kappa shape index (κ2) is 19.6. The maximum atomic E-state index is 3.26. The molecule has 4 nitrogen and oxygen atoms in total. The van der Waals surface area contributed by atoms with Crippen LogP contribution in [0.5, 0.6) is 0 Å². The standard InChI is InChI=1S/2C8H12N.2C6H8N.2Ru/c2*1-3-7-5-6-8(4-2)9-7;2*1-5-3-4-6(2)7-5;;/h2*5,9H,3-4H2,1-2H3;2*3,7H,1-2H3;;/q4*-1;2*+2. The van der Waals surface area contributed by atoms with Crippen molar-refractivity contribution in [1.82, 2.24) is 19.9 Å². The summed E-state index contributed by atoms with van der Waals surface area (Å²) in [7, 11) is 0. The molecule has 0 amide bonds. The van der Waals surface area contributed by atoms with Gasteiger partial charge in [0.2, 0.25) is 0 Å². The van der Waals surface area contributed by atoms with E-state index in [4.69, 9.17) is 0 Å². The minimum atomic E-state index is 0. The van der Waals surface area contributed by atoms with Crippen LogP contribution >= 0.6 is 0 Å². The molecule has 0 aromatic carbocycles. The minimum Gasteiger partial charge on any atom is -0.456 e. The first kappa shape index (κ1) is 34.5. The summed E-state index contributed by atoms with van der Waals surface area (Å²) in [6, 6.07) is 20.3. The molecule has 0 unspecified atom stereocenters. The van der Waals surface area contributed by atoms with Crippen LogP contribution in [0.25, 0.3) is 0 Å². The average molecular weight is 635 g/mol. The van der Waals surface area contributed by atoms with E-state index in [1.807, 2.05) is 52.0 Å². The molecular weight excluding hydrogens is 594 g/mol. The van der Waals surface area contributed by atoms with Crippen molar-refractivity contribution in [2.45, 2.75) is 81.1 Å². The third kappa shape index (κ3) is 14.6. The summed E-state index contributed by atoms with van der Waals surface area (Å²) in [5.41, 5.74) is 9.57. The molecule has 4 aromatic heterocycles. The number of H-pyrrole nitrogens is 4. The molecule has 0 atom stereocenters. The van der Waals surface area contributed by atoms with Crippen LogP contribution < -0.4 is 0 Å². The molecule has 0 saturated carbocycles. The Kier molecular flexibility index (Phi) is 20.0. The van der Waals surface area contributed by atoms with E-state index in [1.54, 1.807) is 0 Å². The number of hydrogen-bond donors (Lipinski definition) is 4. The fourth-order valence-electron chi connectivity index (χ4n) is 2.81. The largest absolute Gasteiger partial charge is 2.00 e. The molecule has 4 heterocycles. The predicted molar refractivity (Wildman–Crippen MR) is 135 cm³/mol. The molecular formula is C28H40N4Ru2. The SMILES string of the molecule is CCc1[c-]cc(CC)[nH]1.CCc1[c-]cc(CC)[nH]1.Cc1[c-]cc(C)[nH]1.Cc1[c-]cc(C)[nH]1.[Ru+2].[Ru+2]. The average Bonchev–Trinajstić information content (AvgIpc) is 3.58. The second-order valence-corrected chi connectivity index (χ2v) is 7.69. The minimum absolute atomic E-state index is 0. The van der Waals surface area contributed by atoms with Gasteiger partial charge in [0.15, 0.2) is 0 Å². The molecule has 0 bridgehead atoms. The van der Waals surface area contributed by atoms with Crippen molar-refractivity contribution < 1.29 is 39.0 Å². The molecule has 0 spiro atoms. The van der Waals surface area contributed by atoms with Gasteiger partial charge in [-0.2, -0.15) is 0 Å². The summed E-state index contributed by atoms with van der Waals surface area (Å²) < 4.78 is 0. The monoisotopic (exact) mass is 636 g/mol. The Morgan fingerprint density at radius 2 is 0.853 bits per heavy atom. The quantitative estimate of drug-likeness (QED) is 0.142. The number of hydrogen-bond acceptors (Lipinski definition) is 0. The van der Waals surface area contributed by atoms with Crippen LogP contribution in [0.15, 0.2) is 24.3 Å². The van der Waals surface area contributed by atoms with Gasteiger partial charge >= 0.3 is 39.0 Å². The van der Waals surface area contributed by atoms with E-state index >= 15 is 0 Å². The second-order valence-electron chi connectivity index (χ2n) is 7.69. The van der Waals surface area contributed by atoms with Crippen molar-refractivity contribution in [3.8, 4) is 0 Å². The predicted octanol–water partition coefficient (Wildman–Crippen LogP) is 6.74. The van der Waals surface area contributed by atoms with Gasteiger partial charge in [0.05, 0.1) is 0 Å². The van der Waals surface area contributed by atoms with Gasteiger partial charge in [0, 0.05) is 0 Å². The van der Waals surface area contributed by atoms with Crippen LogP contribution in [0.3, 0.4) is 0 Å². The summed E-state index contributed by atoms with van der Waals surface area (Å²) in [6.07, 6.45) is 4.27. The first-order valence-electron chi connectivity index (χ1n) is 11.6. The molecule has 0 aliphatic carbocycles. The van der Waals surface area contributed by atoms with Gasteiger partial charge in [0.1, 0.15) is 0 Å². The fraction of sp³-hybridized carbons (Fsp3) is 0.429. The number of rotatable bonds is 4. The number of aromatic nitrogens is 4. The Morgan fingerprint density at radius 1 is 0.500 bits per heavy atom. The first-order valence-corrected chi connectivity index (χ1v) is 11.6. The Labute approximate surface area is 233 Å². The molecule has 6 heteroatoms. The molecule has 0 aliphatic heterocycles. The molecule has 0 fully saturated rings.